The molecule has 1 fully saturated rings. The van der Waals surface area contributed by atoms with Gasteiger partial charge in [0.05, 0.1) is 17.7 Å². The van der Waals surface area contributed by atoms with Crippen molar-refractivity contribution in [3.8, 4) is 6.07 Å². The van der Waals surface area contributed by atoms with E-state index in [2.05, 4.69) is 17.5 Å². The number of nitrogens with one attached hydrogen (secondary N) is 2. The lowest BCUT2D eigenvalue weighted by Crippen LogP contribution is -2.10. The number of hydrogen-bond donors (Lipinski definition) is 3. The van der Waals surface area contributed by atoms with Crippen LogP contribution in [0.5, 0.6) is 0 Å². The van der Waals surface area contributed by atoms with Crippen LogP contribution in [0.4, 0.5) is 11.4 Å². The lowest BCUT2D eigenvalue weighted by molar-refractivity contribution is 0.762. The summed E-state index contributed by atoms with van der Waals surface area (Å²) in [6.45, 7) is 0. The molecule has 0 heterocycles. The second kappa shape index (κ2) is 7.04. The van der Waals surface area contributed by atoms with Crippen molar-refractivity contribution in [1.29, 1.82) is 10.7 Å². The third-order valence-electron chi connectivity index (χ3n) is 5.02. The Morgan fingerprint density at radius 1 is 1.20 bits per heavy atom. The highest BCUT2D eigenvalue weighted by atomic mass is 127. The Morgan fingerprint density at radius 3 is 2.72 bits per heavy atom. The van der Waals surface area contributed by atoms with Gasteiger partial charge in [-0.1, -0.05) is 6.07 Å². The summed E-state index contributed by atoms with van der Waals surface area (Å²) in [6, 6.07) is 14.3. The molecule has 5 heteroatoms. The maximum Gasteiger partial charge on any atom is 0.0991 e. The van der Waals surface area contributed by atoms with Crippen LogP contribution in [0.25, 0.3) is 0 Å². The summed E-state index contributed by atoms with van der Waals surface area (Å²) in [5.74, 6) is 0.388. The van der Waals surface area contributed by atoms with Crippen LogP contribution in [0.2, 0.25) is 0 Å². The fourth-order valence-corrected chi connectivity index (χ4v) is 3.51. The highest BCUT2D eigenvalue weighted by Crippen LogP contribution is 2.37. The van der Waals surface area contributed by atoms with E-state index >= 15 is 0 Å². The van der Waals surface area contributed by atoms with E-state index in [9.17, 15) is 0 Å². The van der Waals surface area contributed by atoms with Crippen molar-refractivity contribution < 1.29 is 2.85 Å². The summed E-state index contributed by atoms with van der Waals surface area (Å²) in [6.07, 6.45) is 4.21. The van der Waals surface area contributed by atoms with E-state index in [1.54, 1.807) is 0 Å². The zero-order valence-corrected chi connectivity index (χ0v) is 16.2. The van der Waals surface area contributed by atoms with Gasteiger partial charge in [-0.2, -0.15) is 5.26 Å². The average Bonchev–Trinajstić information content (AvgIpc) is 3.38. The summed E-state index contributed by atoms with van der Waals surface area (Å²) < 4.78 is 0. The van der Waals surface area contributed by atoms with Gasteiger partial charge < -0.3 is 16.5 Å². The Labute approximate surface area is 167 Å². The van der Waals surface area contributed by atoms with Gasteiger partial charge in [0.25, 0.3) is 0 Å². The number of nitrogens with two attached hydrogens (primary N) is 1. The van der Waals surface area contributed by atoms with Gasteiger partial charge >= 0.3 is 0 Å². The quantitative estimate of drug-likeness (QED) is 0.345. The Hall–Kier alpha value is -2.07. The topological polar surface area (TPSA) is 85.7 Å². The molecule has 0 amide bonds. The molecule has 4 N–H and O–H groups in total. The van der Waals surface area contributed by atoms with Crippen molar-refractivity contribution in [2.24, 2.45) is 5.92 Å². The van der Waals surface area contributed by atoms with Crippen LogP contribution in [0.1, 0.15) is 50.4 Å². The SMILES string of the molecule is I.N#Cc1ccc2c(c1)CC[C@H]2Nc1ccc(N)c(C(=N)C2CC2)c1.[HH].[HH]. The van der Waals surface area contributed by atoms with Crippen LogP contribution in [0, 0.1) is 22.7 Å². The van der Waals surface area contributed by atoms with Crippen LogP contribution in [-0.2, 0) is 6.42 Å². The largest absolute Gasteiger partial charge is 0.398 e. The Balaban J connectivity index is 0.00000121. The molecule has 0 aromatic heterocycles. The van der Waals surface area contributed by atoms with Gasteiger partial charge in [0.15, 0.2) is 0 Å². The Morgan fingerprint density at radius 2 is 2.00 bits per heavy atom. The van der Waals surface area contributed by atoms with Crippen LogP contribution in [0.15, 0.2) is 36.4 Å². The second-order valence-corrected chi connectivity index (χ2v) is 6.75. The van der Waals surface area contributed by atoms with Crippen LogP contribution in [-0.4, -0.2) is 5.71 Å². The molecule has 0 radical (unpaired) electrons. The second-order valence-electron chi connectivity index (χ2n) is 6.75. The van der Waals surface area contributed by atoms with E-state index in [-0.39, 0.29) is 32.9 Å². The lowest BCUT2D eigenvalue weighted by atomic mass is 10.0. The average molecular weight is 448 g/mol. The zero-order chi connectivity index (χ0) is 16.7. The molecule has 0 bridgehead atoms. The van der Waals surface area contributed by atoms with E-state index in [1.165, 1.54) is 11.1 Å². The summed E-state index contributed by atoms with van der Waals surface area (Å²) in [4.78, 5) is 0. The third-order valence-corrected chi connectivity index (χ3v) is 5.02. The van der Waals surface area contributed by atoms with E-state index in [4.69, 9.17) is 16.4 Å². The molecule has 2 aromatic rings. The van der Waals surface area contributed by atoms with Crippen LogP contribution >= 0.6 is 24.0 Å². The van der Waals surface area contributed by atoms with Crippen molar-refractivity contribution in [2.75, 3.05) is 11.1 Å². The number of anilines is 2. The molecule has 132 valence electrons. The fourth-order valence-electron chi connectivity index (χ4n) is 3.51. The number of hydrogen-bond acceptors (Lipinski definition) is 4. The first-order valence-corrected chi connectivity index (χ1v) is 8.43. The molecule has 0 unspecified atom stereocenters. The van der Waals surface area contributed by atoms with E-state index < -0.39 is 0 Å². The molecule has 4 nitrogen and oxygen atoms in total. The lowest BCUT2D eigenvalue weighted by Gasteiger charge is -2.17. The van der Waals surface area contributed by atoms with Crippen molar-refractivity contribution in [1.82, 2.24) is 0 Å². The summed E-state index contributed by atoms with van der Waals surface area (Å²) >= 11 is 0. The maximum atomic E-state index is 9.03. The van der Waals surface area contributed by atoms with Gasteiger partial charge in [-0.3, -0.25) is 0 Å². The Kier molecular flexibility index (Phi) is 5.00. The summed E-state index contributed by atoms with van der Waals surface area (Å²) in [5, 5.41) is 20.9. The van der Waals surface area contributed by atoms with Gasteiger partial charge in [-0.15, -0.1) is 24.0 Å². The first kappa shape index (κ1) is 17.7. The molecule has 4 rings (SSSR count). The molecular formula is C20H25IN4. The minimum atomic E-state index is 0. The third kappa shape index (κ3) is 3.49. The highest BCUT2D eigenvalue weighted by Gasteiger charge is 2.29. The van der Waals surface area contributed by atoms with Gasteiger partial charge in [-0.05, 0) is 67.1 Å². The minimum Gasteiger partial charge on any atom is -0.398 e. The molecular weight excluding hydrogens is 423 g/mol. The standard InChI is InChI=1S/C20H20N4.HI.2H2/c21-11-12-1-6-16-14(9-12)4-8-19(16)24-15-5-7-18(22)17(10-15)20(23)13-2-3-13;;;/h1,5-7,9-10,13,19,23-24H,2-4,8,22H2;3*1H/t19-;;;/m1.../s1. The van der Waals surface area contributed by atoms with Crippen molar-refractivity contribution >= 4 is 41.1 Å². The van der Waals surface area contributed by atoms with E-state index in [1.807, 2.05) is 30.3 Å². The smallest absolute Gasteiger partial charge is 0.0991 e. The van der Waals surface area contributed by atoms with Crippen LogP contribution < -0.4 is 11.1 Å². The summed E-state index contributed by atoms with van der Waals surface area (Å²) in [5.41, 5.74) is 12.5. The van der Waals surface area contributed by atoms with Gasteiger partial charge in [0.1, 0.15) is 0 Å². The van der Waals surface area contributed by atoms with Gasteiger partial charge in [-0.25, -0.2) is 0 Å². The monoisotopic (exact) mass is 448 g/mol. The van der Waals surface area contributed by atoms with Crippen molar-refractivity contribution in [3.63, 3.8) is 0 Å². The highest BCUT2D eigenvalue weighted by molar-refractivity contribution is 14.0. The molecule has 2 aromatic carbocycles. The minimum absolute atomic E-state index is 0. The number of nitrogens with zero attached hydrogens (tertiary/aromatic N) is 1. The van der Waals surface area contributed by atoms with E-state index in [0.717, 1.165) is 42.5 Å². The first-order chi connectivity index (χ1) is 11.7. The number of rotatable bonds is 4. The predicted octanol–water partition coefficient (Wildman–Crippen LogP) is 5.13. The van der Waals surface area contributed by atoms with Gasteiger partial charge in [0.2, 0.25) is 0 Å². The number of halogens is 1. The van der Waals surface area contributed by atoms with Crippen LogP contribution in [0.3, 0.4) is 0 Å². The van der Waals surface area contributed by atoms with E-state index in [0.29, 0.717) is 17.3 Å². The number of nitrogen functional groups attached to an aromatic ring is 1. The number of benzene rings is 2. The molecule has 25 heavy (non-hydrogen) atoms. The number of aryl methyl sites for hydroxylation is 1. The molecule has 2 aliphatic carbocycles. The first-order valence-electron chi connectivity index (χ1n) is 8.43. The molecule has 0 aliphatic heterocycles. The summed E-state index contributed by atoms with van der Waals surface area (Å²) in [7, 11) is 0. The predicted molar refractivity (Wildman–Crippen MR) is 116 cm³/mol. The zero-order valence-electron chi connectivity index (χ0n) is 13.9. The maximum absolute atomic E-state index is 9.03. The molecule has 2 aliphatic rings. The Bertz CT molecular complexity index is 875. The normalized spacial score (nSPS) is 18.0. The van der Waals surface area contributed by atoms with Crippen molar-refractivity contribution in [2.45, 2.75) is 31.7 Å². The molecule has 1 saturated carbocycles. The number of fused-ring (bicyclic) bond motifs is 1. The fraction of sp³-hybridized carbons (Fsp3) is 0.300. The molecule has 0 saturated heterocycles. The number of nitriles is 1. The van der Waals surface area contributed by atoms with Gasteiger partial charge in [0, 0.05) is 31.4 Å². The molecule has 1 atom stereocenters. The molecule has 0 spiro atoms. The van der Waals surface area contributed by atoms with Crippen molar-refractivity contribution in [3.05, 3.63) is 58.7 Å².